The van der Waals surface area contributed by atoms with Crippen molar-refractivity contribution in [2.75, 3.05) is 12.3 Å². The molecule has 0 aromatic heterocycles. The number of carbonyl (C=O) groups is 2. The van der Waals surface area contributed by atoms with Gasteiger partial charge in [-0.25, -0.2) is 0 Å². The van der Waals surface area contributed by atoms with E-state index in [9.17, 15) is 9.59 Å². The number of aryl methyl sites for hydroxylation is 1. The van der Waals surface area contributed by atoms with E-state index in [1.807, 2.05) is 55.5 Å². The van der Waals surface area contributed by atoms with E-state index >= 15 is 0 Å². The molecule has 0 fully saturated rings. The van der Waals surface area contributed by atoms with Crippen molar-refractivity contribution in [2.45, 2.75) is 19.3 Å². The summed E-state index contributed by atoms with van der Waals surface area (Å²) < 4.78 is 5.10. The monoisotopic (exact) mass is 343 g/mol. The van der Waals surface area contributed by atoms with Crippen LogP contribution in [0.15, 0.2) is 54.6 Å². The molecule has 0 unspecified atom stereocenters. The summed E-state index contributed by atoms with van der Waals surface area (Å²) in [5.41, 5.74) is 3.32. The van der Waals surface area contributed by atoms with Gasteiger partial charge in [-0.05, 0) is 18.1 Å². The number of hydrogen-bond acceptors (Lipinski definition) is 4. The zero-order valence-corrected chi connectivity index (χ0v) is 14.5. The van der Waals surface area contributed by atoms with Gasteiger partial charge in [0.25, 0.3) is 0 Å². The van der Waals surface area contributed by atoms with Crippen LogP contribution in [0.3, 0.4) is 0 Å². The largest absolute Gasteiger partial charge is 0.460 e. The van der Waals surface area contributed by atoms with Crippen molar-refractivity contribution in [2.24, 2.45) is 0 Å². The van der Waals surface area contributed by atoms with Gasteiger partial charge < -0.3 is 10.1 Å². The normalized spacial score (nSPS) is 10.2. The second kappa shape index (κ2) is 9.78. The molecule has 0 saturated carbocycles. The first-order valence-electron chi connectivity index (χ1n) is 7.73. The van der Waals surface area contributed by atoms with Crippen LogP contribution in [-0.2, 0) is 26.7 Å². The van der Waals surface area contributed by atoms with E-state index in [2.05, 4.69) is 11.4 Å². The van der Waals surface area contributed by atoms with Gasteiger partial charge in [0.2, 0.25) is 5.91 Å². The number of carbonyl (C=O) groups excluding carboxylic acids is 2. The summed E-state index contributed by atoms with van der Waals surface area (Å²) in [7, 11) is 0. The third-order valence-corrected chi connectivity index (χ3v) is 4.26. The van der Waals surface area contributed by atoms with E-state index < -0.39 is 5.97 Å². The lowest BCUT2D eigenvalue weighted by atomic mass is 10.2. The van der Waals surface area contributed by atoms with Crippen LogP contribution in [-0.4, -0.2) is 24.2 Å². The fourth-order valence-electron chi connectivity index (χ4n) is 2.07. The Hall–Kier alpha value is -2.27. The summed E-state index contributed by atoms with van der Waals surface area (Å²) in [6.07, 6.45) is 0. The Labute approximate surface area is 146 Å². The molecule has 2 rings (SSSR count). The first-order chi connectivity index (χ1) is 11.6. The summed E-state index contributed by atoms with van der Waals surface area (Å²) >= 11 is 1.52. The van der Waals surface area contributed by atoms with Crippen LogP contribution in [0.1, 0.15) is 16.7 Å². The van der Waals surface area contributed by atoms with Crippen molar-refractivity contribution in [3.8, 4) is 0 Å². The summed E-state index contributed by atoms with van der Waals surface area (Å²) in [6.45, 7) is 2.16. The third kappa shape index (κ3) is 6.87. The Kier molecular flexibility index (Phi) is 7.36. The zero-order chi connectivity index (χ0) is 17.2. The molecular formula is C19H21NO3S. The molecule has 24 heavy (non-hydrogen) atoms. The van der Waals surface area contributed by atoms with Gasteiger partial charge in [0.15, 0.2) is 0 Å². The standard InChI is InChI=1S/C19H21NO3S/c1-15-6-5-9-17(10-15)13-24-14-18(21)20-11-19(22)23-12-16-7-3-2-4-8-16/h2-10H,11-14H2,1H3,(H,20,21). The van der Waals surface area contributed by atoms with Crippen molar-refractivity contribution in [1.29, 1.82) is 0 Å². The average Bonchev–Trinajstić information content (AvgIpc) is 2.59. The Morgan fingerprint density at radius 2 is 1.79 bits per heavy atom. The molecule has 2 aromatic carbocycles. The van der Waals surface area contributed by atoms with Crippen LogP contribution in [0.5, 0.6) is 0 Å². The van der Waals surface area contributed by atoms with Crippen molar-refractivity contribution >= 4 is 23.6 Å². The van der Waals surface area contributed by atoms with Gasteiger partial charge in [-0.1, -0.05) is 60.2 Å². The van der Waals surface area contributed by atoms with Crippen molar-refractivity contribution < 1.29 is 14.3 Å². The first-order valence-corrected chi connectivity index (χ1v) is 8.88. The lowest BCUT2D eigenvalue weighted by Gasteiger charge is -2.07. The first kappa shape index (κ1) is 18.1. The Morgan fingerprint density at radius 3 is 2.54 bits per heavy atom. The summed E-state index contributed by atoms with van der Waals surface area (Å²) in [4.78, 5) is 23.3. The molecule has 0 spiro atoms. The van der Waals surface area contributed by atoms with Crippen molar-refractivity contribution in [3.63, 3.8) is 0 Å². The van der Waals surface area contributed by atoms with Gasteiger partial charge in [0.05, 0.1) is 5.75 Å². The number of esters is 1. The van der Waals surface area contributed by atoms with Crippen LogP contribution in [0, 0.1) is 6.92 Å². The predicted molar refractivity (Wildman–Crippen MR) is 96.6 cm³/mol. The molecule has 0 aliphatic heterocycles. The van der Waals surface area contributed by atoms with Gasteiger partial charge in [-0.3, -0.25) is 9.59 Å². The molecule has 0 radical (unpaired) electrons. The fraction of sp³-hybridized carbons (Fsp3) is 0.263. The van der Waals surface area contributed by atoms with E-state index in [1.54, 1.807) is 0 Å². The quantitative estimate of drug-likeness (QED) is 0.749. The van der Waals surface area contributed by atoms with Crippen molar-refractivity contribution in [3.05, 3.63) is 71.3 Å². The lowest BCUT2D eigenvalue weighted by molar-refractivity contribution is -0.145. The number of hydrogen-bond donors (Lipinski definition) is 1. The van der Waals surface area contributed by atoms with Crippen LogP contribution < -0.4 is 5.32 Å². The number of amides is 1. The number of rotatable bonds is 8. The predicted octanol–water partition coefficient (Wildman–Crippen LogP) is 3.09. The smallest absolute Gasteiger partial charge is 0.325 e. The number of thioether (sulfide) groups is 1. The molecule has 0 aliphatic carbocycles. The summed E-state index contributed by atoms with van der Waals surface area (Å²) in [5, 5.41) is 2.58. The highest BCUT2D eigenvalue weighted by Gasteiger charge is 2.07. The van der Waals surface area contributed by atoms with E-state index in [4.69, 9.17) is 4.74 Å². The highest BCUT2D eigenvalue weighted by molar-refractivity contribution is 7.99. The SMILES string of the molecule is Cc1cccc(CSCC(=O)NCC(=O)OCc2ccccc2)c1. The maximum atomic E-state index is 11.7. The van der Waals surface area contributed by atoms with E-state index in [-0.39, 0.29) is 19.1 Å². The molecule has 2 aromatic rings. The fourth-order valence-corrected chi connectivity index (χ4v) is 2.88. The van der Waals surface area contributed by atoms with Crippen molar-refractivity contribution in [1.82, 2.24) is 5.32 Å². The Morgan fingerprint density at radius 1 is 1.04 bits per heavy atom. The van der Waals surface area contributed by atoms with E-state index in [0.717, 1.165) is 11.3 Å². The maximum absolute atomic E-state index is 11.7. The maximum Gasteiger partial charge on any atom is 0.325 e. The minimum Gasteiger partial charge on any atom is -0.460 e. The number of benzene rings is 2. The minimum atomic E-state index is -0.434. The van der Waals surface area contributed by atoms with E-state index in [0.29, 0.717) is 5.75 Å². The van der Waals surface area contributed by atoms with Crippen LogP contribution >= 0.6 is 11.8 Å². The van der Waals surface area contributed by atoms with E-state index in [1.165, 1.54) is 22.9 Å². The Bertz CT molecular complexity index is 673. The molecule has 0 atom stereocenters. The number of nitrogens with one attached hydrogen (secondary N) is 1. The molecular weight excluding hydrogens is 322 g/mol. The topological polar surface area (TPSA) is 55.4 Å². The van der Waals surface area contributed by atoms with Gasteiger partial charge in [-0.2, -0.15) is 0 Å². The summed E-state index contributed by atoms with van der Waals surface area (Å²) in [5.74, 6) is 0.494. The highest BCUT2D eigenvalue weighted by atomic mass is 32.2. The molecule has 0 bridgehead atoms. The second-order valence-electron chi connectivity index (χ2n) is 5.40. The molecule has 4 nitrogen and oxygen atoms in total. The second-order valence-corrected chi connectivity index (χ2v) is 6.39. The van der Waals surface area contributed by atoms with Gasteiger partial charge in [0.1, 0.15) is 13.2 Å². The lowest BCUT2D eigenvalue weighted by Crippen LogP contribution is -2.31. The average molecular weight is 343 g/mol. The number of ether oxygens (including phenoxy) is 1. The molecule has 0 saturated heterocycles. The van der Waals surface area contributed by atoms with Crippen LogP contribution in [0.4, 0.5) is 0 Å². The highest BCUT2D eigenvalue weighted by Crippen LogP contribution is 2.13. The molecule has 126 valence electrons. The third-order valence-electron chi connectivity index (χ3n) is 3.26. The molecule has 5 heteroatoms. The molecule has 0 aliphatic rings. The van der Waals surface area contributed by atoms with Gasteiger partial charge in [0, 0.05) is 5.75 Å². The molecule has 0 heterocycles. The molecule has 1 N–H and O–H groups in total. The Balaban J connectivity index is 1.59. The minimum absolute atomic E-state index is 0.101. The van der Waals surface area contributed by atoms with Crippen LogP contribution in [0.25, 0.3) is 0 Å². The summed E-state index contributed by atoms with van der Waals surface area (Å²) in [6, 6.07) is 17.6. The zero-order valence-electron chi connectivity index (χ0n) is 13.7. The van der Waals surface area contributed by atoms with Gasteiger partial charge in [-0.15, -0.1) is 11.8 Å². The molecule has 1 amide bonds. The van der Waals surface area contributed by atoms with Gasteiger partial charge >= 0.3 is 5.97 Å². The van der Waals surface area contributed by atoms with Crippen LogP contribution in [0.2, 0.25) is 0 Å².